The first-order chi connectivity index (χ1) is 17.5. The molecule has 1 aromatic heterocycles. The minimum Gasteiger partial charge on any atom is -0.331 e. The van der Waals surface area contributed by atoms with Crippen LogP contribution in [0.2, 0.25) is 0 Å². The van der Waals surface area contributed by atoms with Crippen molar-refractivity contribution in [2.24, 2.45) is 0 Å². The summed E-state index contributed by atoms with van der Waals surface area (Å²) in [5.41, 5.74) is 1.40. The van der Waals surface area contributed by atoms with Crippen molar-refractivity contribution in [3.63, 3.8) is 0 Å². The number of hydrogen-bond donors (Lipinski definition) is 2. The molecule has 3 aromatic carbocycles. The third-order valence-electron chi connectivity index (χ3n) is 6.40. The minimum atomic E-state index is -0.610. The minimum absolute atomic E-state index is 0.0998. The van der Waals surface area contributed by atoms with Gasteiger partial charge in [-0.2, -0.15) is 0 Å². The molecule has 9 heteroatoms. The topological polar surface area (TPSA) is 113 Å². The Morgan fingerprint density at radius 3 is 2.36 bits per heavy atom. The molecule has 2 N–H and O–H groups in total. The molecule has 1 saturated heterocycles. The molecular weight excluding hydrogens is 458 g/mol. The van der Waals surface area contributed by atoms with E-state index in [1.807, 2.05) is 36.4 Å². The number of imidazole rings is 1. The van der Waals surface area contributed by atoms with E-state index in [9.17, 15) is 19.7 Å². The first-order valence-corrected chi connectivity index (χ1v) is 11.7. The summed E-state index contributed by atoms with van der Waals surface area (Å²) >= 11 is 0. The van der Waals surface area contributed by atoms with E-state index in [0.29, 0.717) is 37.3 Å². The first kappa shape index (κ1) is 23.3. The molecule has 2 heterocycles. The van der Waals surface area contributed by atoms with Crippen molar-refractivity contribution in [3.05, 3.63) is 117 Å². The molecule has 36 heavy (non-hydrogen) atoms. The molecule has 0 aliphatic carbocycles. The maximum atomic E-state index is 14.0. The van der Waals surface area contributed by atoms with Crippen LogP contribution in [0.15, 0.2) is 89.7 Å². The molecule has 0 bridgehead atoms. The van der Waals surface area contributed by atoms with Crippen LogP contribution in [0, 0.1) is 10.1 Å². The van der Waals surface area contributed by atoms with E-state index >= 15 is 0 Å². The zero-order valence-corrected chi connectivity index (χ0v) is 19.5. The van der Waals surface area contributed by atoms with Crippen LogP contribution in [0.3, 0.4) is 0 Å². The smallest absolute Gasteiger partial charge is 0.331 e. The molecule has 1 fully saturated rings. The van der Waals surface area contributed by atoms with Gasteiger partial charge in [0.1, 0.15) is 11.4 Å². The fourth-order valence-corrected chi connectivity index (χ4v) is 4.74. The standard InChI is InChI=1S/C27H25N5O4/c33-26(30-16-15-28-18-21(30)17-19-9-3-1-4-10-19)24-25(20-11-5-2-6-12-20)31(27(34)29-24)22-13-7-8-14-23(22)32(35)36/h1-14,21,28H,15-18H2,(H,29,34)/t21-/m1/s1. The molecule has 0 radical (unpaired) electrons. The average molecular weight is 484 g/mol. The fourth-order valence-electron chi connectivity index (χ4n) is 4.74. The van der Waals surface area contributed by atoms with Gasteiger partial charge < -0.3 is 15.2 Å². The number of nitrogens with one attached hydrogen (secondary N) is 2. The molecule has 0 saturated carbocycles. The lowest BCUT2D eigenvalue weighted by Crippen LogP contribution is -2.54. The number of nitrogens with zero attached hydrogens (tertiary/aromatic N) is 3. The number of aromatic nitrogens is 2. The highest BCUT2D eigenvalue weighted by atomic mass is 16.6. The van der Waals surface area contributed by atoms with Gasteiger partial charge >= 0.3 is 5.69 Å². The van der Waals surface area contributed by atoms with Crippen molar-refractivity contribution >= 4 is 11.6 Å². The molecule has 0 spiro atoms. The third kappa shape index (κ3) is 4.44. The summed E-state index contributed by atoms with van der Waals surface area (Å²) in [5.74, 6) is -0.314. The van der Waals surface area contributed by atoms with Gasteiger partial charge in [-0.15, -0.1) is 0 Å². The van der Waals surface area contributed by atoms with E-state index in [0.717, 1.165) is 5.56 Å². The average Bonchev–Trinajstić information content (AvgIpc) is 3.26. The van der Waals surface area contributed by atoms with Crippen LogP contribution >= 0.6 is 0 Å². The second-order valence-electron chi connectivity index (χ2n) is 8.65. The highest BCUT2D eigenvalue weighted by Crippen LogP contribution is 2.30. The molecule has 182 valence electrons. The van der Waals surface area contributed by atoms with E-state index in [1.54, 1.807) is 41.3 Å². The molecule has 4 aromatic rings. The summed E-state index contributed by atoms with van der Waals surface area (Å²) in [6, 6.07) is 24.8. The van der Waals surface area contributed by atoms with Crippen molar-refractivity contribution in [1.82, 2.24) is 19.8 Å². The second kappa shape index (κ2) is 10.0. The molecular formula is C27H25N5O4. The largest absolute Gasteiger partial charge is 0.331 e. The number of benzene rings is 3. The molecule has 5 rings (SSSR count). The van der Waals surface area contributed by atoms with Crippen LogP contribution in [-0.4, -0.2) is 51.0 Å². The number of aromatic amines is 1. The summed E-state index contributed by atoms with van der Waals surface area (Å²) in [7, 11) is 0. The summed E-state index contributed by atoms with van der Waals surface area (Å²) in [6.07, 6.45) is 0.662. The van der Waals surface area contributed by atoms with Gasteiger partial charge in [-0.1, -0.05) is 72.8 Å². The zero-order chi connectivity index (χ0) is 25.1. The highest BCUT2D eigenvalue weighted by Gasteiger charge is 2.33. The Balaban J connectivity index is 1.63. The van der Waals surface area contributed by atoms with Gasteiger partial charge in [0.05, 0.1) is 10.6 Å². The van der Waals surface area contributed by atoms with Crippen molar-refractivity contribution < 1.29 is 9.72 Å². The van der Waals surface area contributed by atoms with Crippen LogP contribution in [0.5, 0.6) is 0 Å². The number of piperazine rings is 1. The molecule has 1 atom stereocenters. The maximum absolute atomic E-state index is 14.0. The Labute approximate surface area is 207 Å². The predicted molar refractivity (Wildman–Crippen MR) is 136 cm³/mol. The summed E-state index contributed by atoms with van der Waals surface area (Å²) < 4.78 is 1.23. The number of hydrogen-bond acceptors (Lipinski definition) is 5. The van der Waals surface area contributed by atoms with Gasteiger partial charge in [-0.25, -0.2) is 4.79 Å². The van der Waals surface area contributed by atoms with Gasteiger partial charge in [0.2, 0.25) is 0 Å². The third-order valence-corrected chi connectivity index (χ3v) is 6.40. The lowest BCUT2D eigenvalue weighted by Gasteiger charge is -2.36. The number of amides is 1. The van der Waals surface area contributed by atoms with Crippen molar-refractivity contribution in [2.45, 2.75) is 12.5 Å². The Kier molecular flexibility index (Phi) is 6.46. The molecule has 1 amide bonds. The number of para-hydroxylation sites is 2. The summed E-state index contributed by atoms with van der Waals surface area (Å²) in [6.45, 7) is 1.73. The van der Waals surface area contributed by atoms with Gasteiger partial charge in [0, 0.05) is 37.3 Å². The number of rotatable bonds is 6. The number of nitro benzene ring substituents is 1. The SMILES string of the molecule is O=C(c1[nH]c(=O)n(-c2ccccc2[N+](=O)[O-])c1-c1ccccc1)N1CCNC[C@H]1Cc1ccccc1. The summed E-state index contributed by atoms with van der Waals surface area (Å²) in [4.78, 5) is 43.0. The van der Waals surface area contributed by atoms with Crippen molar-refractivity contribution in [1.29, 1.82) is 0 Å². The number of carbonyl (C=O) groups is 1. The molecule has 0 unspecified atom stereocenters. The fraction of sp³-hybridized carbons (Fsp3) is 0.185. The number of H-pyrrole nitrogens is 1. The highest BCUT2D eigenvalue weighted by molar-refractivity contribution is 5.99. The van der Waals surface area contributed by atoms with Crippen LogP contribution in [0.4, 0.5) is 5.69 Å². The quantitative estimate of drug-likeness (QED) is 0.322. The zero-order valence-electron chi connectivity index (χ0n) is 19.5. The maximum Gasteiger partial charge on any atom is 0.331 e. The Bertz CT molecular complexity index is 1450. The first-order valence-electron chi connectivity index (χ1n) is 11.7. The lowest BCUT2D eigenvalue weighted by atomic mass is 10.0. The van der Waals surface area contributed by atoms with E-state index in [2.05, 4.69) is 10.3 Å². The van der Waals surface area contributed by atoms with Crippen molar-refractivity contribution in [2.75, 3.05) is 19.6 Å². The Hall–Kier alpha value is -4.50. The van der Waals surface area contributed by atoms with E-state index in [4.69, 9.17) is 0 Å². The molecule has 1 aliphatic heterocycles. The molecule has 1 aliphatic rings. The Morgan fingerprint density at radius 2 is 1.64 bits per heavy atom. The van der Waals surface area contributed by atoms with Crippen LogP contribution < -0.4 is 11.0 Å². The second-order valence-corrected chi connectivity index (χ2v) is 8.65. The van der Waals surface area contributed by atoms with Gasteiger partial charge in [-0.05, 0) is 18.1 Å². The number of carbonyl (C=O) groups excluding carboxylic acids is 1. The van der Waals surface area contributed by atoms with Gasteiger partial charge in [-0.3, -0.25) is 19.5 Å². The van der Waals surface area contributed by atoms with Gasteiger partial charge in [0.15, 0.2) is 0 Å². The number of nitro groups is 1. The molecule has 9 nitrogen and oxygen atoms in total. The normalized spacial score (nSPS) is 15.6. The summed E-state index contributed by atoms with van der Waals surface area (Å²) in [5, 5.41) is 15.1. The van der Waals surface area contributed by atoms with E-state index < -0.39 is 10.6 Å². The lowest BCUT2D eigenvalue weighted by molar-refractivity contribution is -0.384. The van der Waals surface area contributed by atoms with E-state index in [-0.39, 0.29) is 29.0 Å². The predicted octanol–water partition coefficient (Wildman–Crippen LogP) is 3.40. The van der Waals surface area contributed by atoms with Crippen molar-refractivity contribution in [3.8, 4) is 16.9 Å². The van der Waals surface area contributed by atoms with Crippen LogP contribution in [-0.2, 0) is 6.42 Å². The van der Waals surface area contributed by atoms with Crippen LogP contribution in [0.1, 0.15) is 16.1 Å². The van der Waals surface area contributed by atoms with Crippen LogP contribution in [0.25, 0.3) is 16.9 Å². The van der Waals surface area contributed by atoms with E-state index in [1.165, 1.54) is 16.7 Å². The Morgan fingerprint density at radius 1 is 0.972 bits per heavy atom. The van der Waals surface area contributed by atoms with Gasteiger partial charge in [0.25, 0.3) is 11.6 Å². The monoisotopic (exact) mass is 483 g/mol.